The van der Waals surface area contributed by atoms with Gasteiger partial charge in [0.2, 0.25) is 11.8 Å². The highest BCUT2D eigenvalue weighted by atomic mass is 16.2. The van der Waals surface area contributed by atoms with E-state index in [-0.39, 0.29) is 17.9 Å². The Morgan fingerprint density at radius 3 is 2.48 bits per heavy atom. The Kier molecular flexibility index (Phi) is 7.79. The number of carbonyl (C=O) groups is 2. The van der Waals surface area contributed by atoms with E-state index in [0.717, 1.165) is 24.0 Å². The largest absolute Gasteiger partial charge is 0.352 e. The number of aryl methyl sites for hydroxylation is 1. The van der Waals surface area contributed by atoms with Crippen LogP contribution in [-0.4, -0.2) is 28.8 Å². The van der Waals surface area contributed by atoms with Crippen LogP contribution in [-0.2, 0) is 16.1 Å². The topological polar surface area (TPSA) is 49.4 Å². The van der Waals surface area contributed by atoms with E-state index in [1.54, 1.807) is 11.8 Å². The van der Waals surface area contributed by atoms with Crippen LogP contribution in [0.2, 0.25) is 0 Å². The fourth-order valence-electron chi connectivity index (χ4n) is 2.41. The molecule has 0 saturated carbocycles. The third-order valence-electron chi connectivity index (χ3n) is 4.07. The average molecular weight is 318 g/mol. The van der Waals surface area contributed by atoms with Crippen molar-refractivity contribution in [3.05, 3.63) is 35.4 Å². The standard InChI is InChI=1S/C19H30N2O2/c1-6-9-18(22)21(13-17-11-8-10-14(3)12-17)16(5)19(23)20-15(4)7-2/h8,10-12,15-16H,6-7,9,13H2,1-5H3,(H,20,23)/t15-,16+/m1/s1. The highest BCUT2D eigenvalue weighted by Gasteiger charge is 2.26. The second kappa shape index (κ2) is 9.33. The molecule has 0 radical (unpaired) electrons. The summed E-state index contributed by atoms with van der Waals surface area (Å²) in [6, 6.07) is 7.72. The van der Waals surface area contributed by atoms with E-state index >= 15 is 0 Å². The molecule has 0 fully saturated rings. The number of rotatable bonds is 8. The number of amides is 2. The molecular weight excluding hydrogens is 288 g/mol. The Balaban J connectivity index is 2.91. The van der Waals surface area contributed by atoms with Crippen molar-refractivity contribution in [3.63, 3.8) is 0 Å². The molecule has 128 valence electrons. The molecule has 0 heterocycles. The lowest BCUT2D eigenvalue weighted by atomic mass is 10.1. The van der Waals surface area contributed by atoms with Crippen molar-refractivity contribution < 1.29 is 9.59 Å². The summed E-state index contributed by atoms with van der Waals surface area (Å²) in [6.07, 6.45) is 2.12. The van der Waals surface area contributed by atoms with E-state index in [1.807, 2.05) is 45.9 Å². The molecule has 4 nitrogen and oxygen atoms in total. The number of hydrogen-bond acceptors (Lipinski definition) is 2. The lowest BCUT2D eigenvalue weighted by Gasteiger charge is -2.29. The minimum absolute atomic E-state index is 0.0285. The van der Waals surface area contributed by atoms with E-state index in [0.29, 0.717) is 13.0 Å². The minimum Gasteiger partial charge on any atom is -0.352 e. The molecule has 4 heteroatoms. The molecule has 0 aliphatic rings. The molecule has 0 saturated heterocycles. The van der Waals surface area contributed by atoms with Crippen molar-refractivity contribution in [1.82, 2.24) is 10.2 Å². The van der Waals surface area contributed by atoms with Gasteiger partial charge in [-0.3, -0.25) is 9.59 Å². The summed E-state index contributed by atoms with van der Waals surface area (Å²) >= 11 is 0. The first-order valence-electron chi connectivity index (χ1n) is 8.54. The fourth-order valence-corrected chi connectivity index (χ4v) is 2.41. The number of benzene rings is 1. The molecule has 1 N–H and O–H groups in total. The fraction of sp³-hybridized carbons (Fsp3) is 0.579. The summed E-state index contributed by atoms with van der Waals surface area (Å²) in [5.74, 6) is -0.0581. The molecule has 1 aromatic rings. The molecule has 0 bridgehead atoms. The van der Waals surface area contributed by atoms with E-state index in [9.17, 15) is 9.59 Å². The normalized spacial score (nSPS) is 13.3. The van der Waals surface area contributed by atoms with Gasteiger partial charge >= 0.3 is 0 Å². The molecule has 1 aromatic carbocycles. The zero-order valence-electron chi connectivity index (χ0n) is 15.1. The summed E-state index contributed by atoms with van der Waals surface area (Å²) in [7, 11) is 0. The van der Waals surface area contributed by atoms with Crippen molar-refractivity contribution in [1.29, 1.82) is 0 Å². The van der Waals surface area contributed by atoms with Crippen LogP contribution < -0.4 is 5.32 Å². The molecule has 0 aromatic heterocycles. The van der Waals surface area contributed by atoms with E-state index < -0.39 is 6.04 Å². The quantitative estimate of drug-likeness (QED) is 0.798. The van der Waals surface area contributed by atoms with Crippen molar-refractivity contribution in [2.75, 3.05) is 0 Å². The number of nitrogens with one attached hydrogen (secondary N) is 1. The maximum Gasteiger partial charge on any atom is 0.242 e. The summed E-state index contributed by atoms with van der Waals surface area (Å²) in [5, 5.41) is 2.97. The van der Waals surface area contributed by atoms with Crippen LogP contribution in [0.25, 0.3) is 0 Å². The molecule has 0 aliphatic carbocycles. The molecule has 0 unspecified atom stereocenters. The summed E-state index contributed by atoms with van der Waals surface area (Å²) in [6.45, 7) is 10.3. The second-order valence-electron chi connectivity index (χ2n) is 6.25. The highest BCUT2D eigenvalue weighted by Crippen LogP contribution is 2.13. The maximum absolute atomic E-state index is 12.5. The van der Waals surface area contributed by atoms with Gasteiger partial charge in [-0.2, -0.15) is 0 Å². The first kappa shape index (κ1) is 19.2. The number of nitrogens with zero attached hydrogens (tertiary/aromatic N) is 1. The van der Waals surface area contributed by atoms with Gasteiger partial charge in [-0.25, -0.2) is 0 Å². The van der Waals surface area contributed by atoms with Crippen molar-refractivity contribution in [3.8, 4) is 0 Å². The molecule has 2 amide bonds. The van der Waals surface area contributed by atoms with Crippen LogP contribution in [0.4, 0.5) is 0 Å². The zero-order valence-corrected chi connectivity index (χ0v) is 15.1. The molecule has 1 rings (SSSR count). The monoisotopic (exact) mass is 318 g/mol. The number of carbonyl (C=O) groups excluding carboxylic acids is 2. The van der Waals surface area contributed by atoms with Crippen LogP contribution in [0.15, 0.2) is 24.3 Å². The third-order valence-corrected chi connectivity index (χ3v) is 4.07. The highest BCUT2D eigenvalue weighted by molar-refractivity contribution is 5.87. The molecule has 0 spiro atoms. The van der Waals surface area contributed by atoms with Crippen LogP contribution in [0, 0.1) is 6.92 Å². The Labute approximate surface area is 140 Å². The first-order valence-corrected chi connectivity index (χ1v) is 8.54. The van der Waals surface area contributed by atoms with Gasteiger partial charge < -0.3 is 10.2 Å². The second-order valence-corrected chi connectivity index (χ2v) is 6.25. The SMILES string of the molecule is CCCC(=O)N(Cc1cccc(C)c1)[C@@H](C)C(=O)N[C@H](C)CC. The predicted octanol–water partition coefficient (Wildman–Crippen LogP) is 3.43. The van der Waals surface area contributed by atoms with Gasteiger partial charge in [0.05, 0.1) is 0 Å². The first-order chi connectivity index (χ1) is 10.9. The Bertz CT molecular complexity index is 528. The molecular formula is C19H30N2O2. The van der Waals surface area contributed by atoms with Crippen molar-refractivity contribution in [2.24, 2.45) is 0 Å². The minimum atomic E-state index is -0.469. The lowest BCUT2D eigenvalue weighted by molar-refractivity contribution is -0.140. The molecule has 23 heavy (non-hydrogen) atoms. The van der Waals surface area contributed by atoms with Crippen molar-refractivity contribution >= 4 is 11.8 Å². The van der Waals surface area contributed by atoms with Crippen LogP contribution >= 0.6 is 0 Å². The average Bonchev–Trinajstić information content (AvgIpc) is 2.52. The van der Waals surface area contributed by atoms with Crippen LogP contribution in [0.3, 0.4) is 0 Å². The summed E-state index contributed by atoms with van der Waals surface area (Å²) in [5.41, 5.74) is 2.21. The van der Waals surface area contributed by atoms with Gasteiger partial charge in [0, 0.05) is 19.0 Å². The Morgan fingerprint density at radius 1 is 1.22 bits per heavy atom. The van der Waals surface area contributed by atoms with Gasteiger partial charge in [-0.15, -0.1) is 0 Å². The Morgan fingerprint density at radius 2 is 1.91 bits per heavy atom. The molecule has 0 aliphatic heterocycles. The summed E-state index contributed by atoms with van der Waals surface area (Å²) < 4.78 is 0. The van der Waals surface area contributed by atoms with E-state index in [2.05, 4.69) is 11.4 Å². The van der Waals surface area contributed by atoms with E-state index in [1.165, 1.54) is 0 Å². The number of hydrogen-bond donors (Lipinski definition) is 1. The lowest BCUT2D eigenvalue weighted by Crippen LogP contribution is -2.49. The zero-order chi connectivity index (χ0) is 17.4. The smallest absolute Gasteiger partial charge is 0.242 e. The Hall–Kier alpha value is -1.84. The predicted molar refractivity (Wildman–Crippen MR) is 94.0 cm³/mol. The van der Waals surface area contributed by atoms with Gasteiger partial charge in [0.1, 0.15) is 6.04 Å². The van der Waals surface area contributed by atoms with Crippen LogP contribution in [0.1, 0.15) is 58.1 Å². The van der Waals surface area contributed by atoms with Crippen molar-refractivity contribution in [2.45, 2.75) is 72.5 Å². The van der Waals surface area contributed by atoms with Gasteiger partial charge in [-0.1, -0.05) is 43.7 Å². The van der Waals surface area contributed by atoms with Gasteiger partial charge in [0.15, 0.2) is 0 Å². The van der Waals surface area contributed by atoms with Crippen LogP contribution in [0.5, 0.6) is 0 Å². The van der Waals surface area contributed by atoms with Gasteiger partial charge in [-0.05, 0) is 39.2 Å². The third kappa shape index (κ3) is 6.05. The van der Waals surface area contributed by atoms with Gasteiger partial charge in [0.25, 0.3) is 0 Å². The summed E-state index contributed by atoms with van der Waals surface area (Å²) in [4.78, 5) is 26.6. The molecule has 2 atom stereocenters. The van der Waals surface area contributed by atoms with E-state index in [4.69, 9.17) is 0 Å². The maximum atomic E-state index is 12.5.